The van der Waals surface area contributed by atoms with Gasteiger partial charge in [-0.3, -0.25) is 14.6 Å². The highest BCUT2D eigenvalue weighted by Gasteiger charge is 2.52. The number of hydrogen-bond donors (Lipinski definition) is 1. The number of piperazine rings is 1. The Kier molecular flexibility index (Phi) is 5.85. The third kappa shape index (κ3) is 4.36. The molecular formula is C24H29N5O2. The van der Waals surface area contributed by atoms with E-state index in [-0.39, 0.29) is 23.3 Å². The number of pyridine rings is 2. The number of ketones is 1. The van der Waals surface area contributed by atoms with Crippen LogP contribution in [0.1, 0.15) is 50.2 Å². The summed E-state index contributed by atoms with van der Waals surface area (Å²) in [4.78, 5) is 37.5. The van der Waals surface area contributed by atoms with E-state index >= 15 is 0 Å². The fraction of sp³-hybridized carbons (Fsp3) is 0.458. The highest BCUT2D eigenvalue weighted by Crippen LogP contribution is 2.49. The first-order chi connectivity index (χ1) is 14.9. The van der Waals surface area contributed by atoms with Crippen molar-refractivity contribution in [2.75, 3.05) is 31.1 Å². The molecule has 162 valence electrons. The van der Waals surface area contributed by atoms with Crippen LogP contribution >= 0.6 is 0 Å². The summed E-state index contributed by atoms with van der Waals surface area (Å²) >= 11 is 0. The summed E-state index contributed by atoms with van der Waals surface area (Å²) in [7, 11) is 0. The van der Waals surface area contributed by atoms with E-state index in [4.69, 9.17) is 5.41 Å². The summed E-state index contributed by atoms with van der Waals surface area (Å²) in [5.74, 6) is 0.982. The molecule has 1 saturated carbocycles. The van der Waals surface area contributed by atoms with Crippen molar-refractivity contribution in [2.45, 2.75) is 44.4 Å². The van der Waals surface area contributed by atoms with Gasteiger partial charge in [-0.05, 0) is 48.4 Å². The number of rotatable bonds is 7. The summed E-state index contributed by atoms with van der Waals surface area (Å²) in [6, 6.07) is 7.82. The van der Waals surface area contributed by atoms with Gasteiger partial charge in [0.15, 0.2) is 5.78 Å². The lowest BCUT2D eigenvalue weighted by molar-refractivity contribution is -0.129. The minimum atomic E-state index is -0.579. The van der Waals surface area contributed by atoms with Crippen molar-refractivity contribution in [2.24, 2.45) is 0 Å². The topological polar surface area (TPSA) is 90.2 Å². The van der Waals surface area contributed by atoms with Gasteiger partial charge < -0.3 is 15.2 Å². The SMILES string of the molecule is CC(=O)N1CCN(c2ccc(C3(C(=O)C(=N)CC(C)c4cccnc4)CC3)cn2)CC1. The molecule has 2 aromatic heterocycles. The molecule has 3 heterocycles. The van der Waals surface area contributed by atoms with Crippen LogP contribution in [0.2, 0.25) is 0 Å². The smallest absolute Gasteiger partial charge is 0.219 e. The fourth-order valence-electron chi connectivity index (χ4n) is 4.35. The van der Waals surface area contributed by atoms with Crippen LogP contribution in [0.15, 0.2) is 42.9 Å². The Labute approximate surface area is 183 Å². The number of nitrogens with one attached hydrogen (secondary N) is 1. The van der Waals surface area contributed by atoms with Crippen LogP contribution in [-0.4, -0.2) is 58.4 Å². The molecule has 1 saturated heterocycles. The molecule has 2 aliphatic rings. The maximum atomic E-state index is 13.2. The molecule has 0 aromatic carbocycles. The molecule has 0 bridgehead atoms. The zero-order chi connectivity index (χ0) is 22.0. The first-order valence-corrected chi connectivity index (χ1v) is 10.9. The largest absolute Gasteiger partial charge is 0.353 e. The molecule has 1 aliphatic heterocycles. The fourth-order valence-corrected chi connectivity index (χ4v) is 4.35. The lowest BCUT2D eigenvalue weighted by Gasteiger charge is -2.35. The molecule has 31 heavy (non-hydrogen) atoms. The van der Waals surface area contributed by atoms with Gasteiger partial charge in [-0.15, -0.1) is 0 Å². The van der Waals surface area contributed by atoms with Gasteiger partial charge in [0.05, 0.1) is 11.1 Å². The molecule has 1 unspecified atom stereocenters. The van der Waals surface area contributed by atoms with Crippen LogP contribution in [0.3, 0.4) is 0 Å². The predicted molar refractivity (Wildman–Crippen MR) is 120 cm³/mol. The van der Waals surface area contributed by atoms with E-state index in [1.54, 1.807) is 25.5 Å². The Balaban J connectivity index is 1.40. The normalized spacial score (nSPS) is 18.4. The second-order valence-corrected chi connectivity index (χ2v) is 8.68. The van der Waals surface area contributed by atoms with Crippen LogP contribution in [0.25, 0.3) is 0 Å². The van der Waals surface area contributed by atoms with E-state index in [2.05, 4.69) is 14.9 Å². The van der Waals surface area contributed by atoms with Gasteiger partial charge in [0, 0.05) is 51.7 Å². The average Bonchev–Trinajstić information content (AvgIpc) is 3.61. The van der Waals surface area contributed by atoms with Gasteiger partial charge >= 0.3 is 0 Å². The van der Waals surface area contributed by atoms with Crippen molar-refractivity contribution >= 4 is 23.2 Å². The quantitative estimate of drug-likeness (QED) is 0.697. The van der Waals surface area contributed by atoms with Gasteiger partial charge in [-0.25, -0.2) is 4.98 Å². The summed E-state index contributed by atoms with van der Waals surface area (Å²) < 4.78 is 0. The molecule has 1 N–H and O–H groups in total. The monoisotopic (exact) mass is 419 g/mol. The van der Waals surface area contributed by atoms with Crippen molar-refractivity contribution < 1.29 is 9.59 Å². The number of aromatic nitrogens is 2. The Hall–Kier alpha value is -3.09. The summed E-state index contributed by atoms with van der Waals surface area (Å²) in [6.45, 7) is 6.55. The molecule has 0 radical (unpaired) electrons. The number of carbonyl (C=O) groups is 2. The van der Waals surface area contributed by atoms with Gasteiger partial charge in [0.2, 0.25) is 5.91 Å². The number of amides is 1. The van der Waals surface area contributed by atoms with Crippen molar-refractivity contribution in [3.8, 4) is 0 Å². The molecule has 2 fully saturated rings. The Morgan fingerprint density at radius 1 is 1.13 bits per heavy atom. The first kappa shape index (κ1) is 21.2. The van der Waals surface area contributed by atoms with Crippen molar-refractivity contribution in [1.82, 2.24) is 14.9 Å². The van der Waals surface area contributed by atoms with Gasteiger partial charge in [-0.2, -0.15) is 0 Å². The van der Waals surface area contributed by atoms with Crippen LogP contribution < -0.4 is 4.90 Å². The molecule has 1 aliphatic carbocycles. The van der Waals surface area contributed by atoms with E-state index in [0.717, 1.165) is 42.9 Å². The summed E-state index contributed by atoms with van der Waals surface area (Å²) in [5, 5.41) is 8.44. The van der Waals surface area contributed by atoms with Gasteiger partial charge in [0.1, 0.15) is 5.82 Å². The zero-order valence-corrected chi connectivity index (χ0v) is 18.2. The molecular weight excluding hydrogens is 390 g/mol. The number of carbonyl (C=O) groups excluding carboxylic acids is 2. The zero-order valence-electron chi connectivity index (χ0n) is 18.2. The lowest BCUT2D eigenvalue weighted by atomic mass is 9.86. The van der Waals surface area contributed by atoms with Gasteiger partial charge in [0.25, 0.3) is 0 Å². The molecule has 0 spiro atoms. The number of Topliss-reactive ketones (excluding diaryl/α,β-unsaturated/α-hetero) is 1. The van der Waals surface area contributed by atoms with Crippen molar-refractivity contribution in [1.29, 1.82) is 5.41 Å². The number of nitrogens with zero attached hydrogens (tertiary/aromatic N) is 4. The second-order valence-electron chi connectivity index (χ2n) is 8.68. The Morgan fingerprint density at radius 3 is 2.42 bits per heavy atom. The van der Waals surface area contributed by atoms with Crippen LogP contribution in [0.4, 0.5) is 5.82 Å². The minimum absolute atomic E-state index is 0.0761. The van der Waals surface area contributed by atoms with E-state index in [9.17, 15) is 9.59 Å². The molecule has 1 atom stereocenters. The Bertz CT molecular complexity index is 961. The van der Waals surface area contributed by atoms with Crippen LogP contribution in [0.5, 0.6) is 0 Å². The number of hydrogen-bond acceptors (Lipinski definition) is 6. The highest BCUT2D eigenvalue weighted by molar-refractivity contribution is 6.42. The van der Waals surface area contributed by atoms with Crippen molar-refractivity contribution in [3.63, 3.8) is 0 Å². The minimum Gasteiger partial charge on any atom is -0.353 e. The molecule has 2 aromatic rings. The number of anilines is 1. The summed E-state index contributed by atoms with van der Waals surface area (Å²) in [5.41, 5.74) is 1.55. The summed E-state index contributed by atoms with van der Waals surface area (Å²) in [6.07, 6.45) is 7.29. The van der Waals surface area contributed by atoms with Crippen LogP contribution in [0, 0.1) is 5.41 Å². The maximum absolute atomic E-state index is 13.2. The van der Waals surface area contributed by atoms with Gasteiger partial charge in [-0.1, -0.05) is 19.1 Å². The second kappa shape index (κ2) is 8.57. The standard InChI is InChI=1S/C24H29N5O2/c1-17(19-4-3-9-26-15-19)14-21(25)23(31)24(7-8-24)20-5-6-22(27-16-20)29-12-10-28(11-13-29)18(2)30/h3-6,9,15-17,25H,7-8,10-14H2,1-2H3. The van der Waals surface area contributed by atoms with E-state index in [1.807, 2.05) is 36.1 Å². The lowest BCUT2D eigenvalue weighted by Crippen LogP contribution is -2.48. The molecule has 7 nitrogen and oxygen atoms in total. The van der Waals surface area contributed by atoms with Crippen molar-refractivity contribution in [3.05, 3.63) is 54.0 Å². The first-order valence-electron chi connectivity index (χ1n) is 10.9. The molecule has 4 rings (SSSR count). The molecule has 1 amide bonds. The third-order valence-corrected chi connectivity index (χ3v) is 6.57. The predicted octanol–water partition coefficient (Wildman–Crippen LogP) is 2.96. The van der Waals surface area contributed by atoms with Crippen LogP contribution in [-0.2, 0) is 15.0 Å². The van der Waals surface area contributed by atoms with E-state index in [0.29, 0.717) is 19.5 Å². The molecule has 7 heteroatoms. The average molecular weight is 420 g/mol. The maximum Gasteiger partial charge on any atom is 0.219 e. The van der Waals surface area contributed by atoms with E-state index < -0.39 is 5.41 Å². The highest BCUT2D eigenvalue weighted by atomic mass is 16.2. The van der Waals surface area contributed by atoms with E-state index in [1.165, 1.54) is 0 Å². The Morgan fingerprint density at radius 2 is 1.87 bits per heavy atom. The third-order valence-electron chi connectivity index (χ3n) is 6.57.